The summed E-state index contributed by atoms with van der Waals surface area (Å²) in [7, 11) is 0. The number of hydrogen-bond acceptors (Lipinski definition) is 4. The Morgan fingerprint density at radius 2 is 1.90 bits per heavy atom. The number of nitrogen functional groups attached to an aromatic ring is 1. The van der Waals surface area contributed by atoms with Gasteiger partial charge < -0.3 is 10.5 Å². The first kappa shape index (κ1) is 15.8. The fourth-order valence-electron chi connectivity index (χ4n) is 1.91. The summed E-state index contributed by atoms with van der Waals surface area (Å²) in [6.07, 6.45) is 2.04. The second-order valence-electron chi connectivity index (χ2n) is 4.25. The summed E-state index contributed by atoms with van der Waals surface area (Å²) in [6.45, 7) is 2.07. The fraction of sp³-hybridized carbons (Fsp3) is 0.188. The quantitative estimate of drug-likeness (QED) is 0.464. The van der Waals surface area contributed by atoms with Crippen LogP contribution in [0.3, 0.4) is 0 Å². The summed E-state index contributed by atoms with van der Waals surface area (Å²) < 4.78 is 5.91. The Morgan fingerprint density at radius 3 is 2.48 bits per heavy atom. The molecule has 0 bridgehead atoms. The van der Waals surface area contributed by atoms with Crippen LogP contribution in [-0.2, 0) is 0 Å². The molecule has 0 radical (unpaired) electrons. The minimum absolute atomic E-state index is 0.0299. The molecule has 0 saturated heterocycles. The van der Waals surface area contributed by atoms with Gasteiger partial charge in [-0.25, -0.2) is 0 Å². The van der Waals surface area contributed by atoms with Crippen molar-refractivity contribution in [3.8, 4) is 11.5 Å². The van der Waals surface area contributed by atoms with Crippen molar-refractivity contribution in [2.45, 2.75) is 16.7 Å². The van der Waals surface area contributed by atoms with Crippen LogP contribution in [-0.4, -0.2) is 17.8 Å². The van der Waals surface area contributed by atoms with Crippen molar-refractivity contribution in [2.24, 2.45) is 5.73 Å². The lowest BCUT2D eigenvalue weighted by molar-refractivity contribution is 0.479. The van der Waals surface area contributed by atoms with E-state index in [0.717, 1.165) is 16.4 Å². The van der Waals surface area contributed by atoms with E-state index in [4.69, 9.17) is 15.9 Å². The summed E-state index contributed by atoms with van der Waals surface area (Å²) in [6, 6.07) is 13.6. The van der Waals surface area contributed by atoms with Crippen LogP contribution < -0.4 is 10.5 Å². The molecule has 0 atom stereocenters. The first-order chi connectivity index (χ1) is 10.2. The summed E-state index contributed by atoms with van der Waals surface area (Å²) in [5.41, 5.74) is 6.40. The summed E-state index contributed by atoms with van der Waals surface area (Å²) in [4.78, 5) is 2.16. The number of benzene rings is 2. The van der Waals surface area contributed by atoms with Crippen molar-refractivity contribution >= 4 is 29.4 Å². The van der Waals surface area contributed by atoms with Crippen LogP contribution in [0.1, 0.15) is 12.5 Å². The van der Waals surface area contributed by atoms with Crippen LogP contribution >= 0.6 is 23.5 Å². The maximum atomic E-state index is 7.81. The number of thioether (sulfide) groups is 2. The molecule has 0 unspecified atom stereocenters. The molecule has 3 N–H and O–H groups in total. The lowest BCUT2D eigenvalue weighted by atomic mass is 10.2. The van der Waals surface area contributed by atoms with Gasteiger partial charge in [0.2, 0.25) is 0 Å². The fourth-order valence-corrected chi connectivity index (χ4v) is 3.16. The summed E-state index contributed by atoms with van der Waals surface area (Å²) >= 11 is 3.34. The lowest BCUT2D eigenvalue weighted by Crippen LogP contribution is -2.13. The molecule has 0 fully saturated rings. The van der Waals surface area contributed by atoms with Crippen molar-refractivity contribution in [1.29, 1.82) is 5.41 Å². The minimum atomic E-state index is 0.0299. The van der Waals surface area contributed by atoms with Crippen LogP contribution in [0, 0.1) is 5.41 Å². The van der Waals surface area contributed by atoms with Crippen LogP contribution in [0.4, 0.5) is 0 Å². The zero-order chi connectivity index (χ0) is 15.2. The van der Waals surface area contributed by atoms with E-state index < -0.39 is 0 Å². The number of ether oxygens (including phenoxy) is 1. The van der Waals surface area contributed by atoms with Crippen molar-refractivity contribution in [1.82, 2.24) is 0 Å². The van der Waals surface area contributed by atoms with Crippen molar-refractivity contribution in [3.05, 3.63) is 48.0 Å². The van der Waals surface area contributed by atoms with E-state index in [9.17, 15) is 0 Å². The molecule has 0 spiro atoms. The third kappa shape index (κ3) is 3.95. The standard InChI is InChI=1S/C16H18N2OS2/c1-3-21-14-6-4-5-13(15(14)16(17)18)19-11-7-9-12(20-2)10-8-11/h4-10H,3H2,1-2H3,(H3,17,18). The van der Waals surface area contributed by atoms with Crippen molar-refractivity contribution in [3.63, 3.8) is 0 Å². The molecular formula is C16H18N2OS2. The highest BCUT2D eigenvalue weighted by atomic mass is 32.2. The smallest absolute Gasteiger partial charge is 0.139 e. The zero-order valence-corrected chi connectivity index (χ0v) is 13.7. The van der Waals surface area contributed by atoms with E-state index in [2.05, 4.69) is 6.92 Å². The number of nitrogens with one attached hydrogen (secondary N) is 1. The Balaban J connectivity index is 2.33. The van der Waals surface area contributed by atoms with Gasteiger partial charge in [-0.2, -0.15) is 0 Å². The highest BCUT2D eigenvalue weighted by molar-refractivity contribution is 7.99. The average Bonchev–Trinajstić information content (AvgIpc) is 2.48. The van der Waals surface area contributed by atoms with E-state index >= 15 is 0 Å². The van der Waals surface area contributed by atoms with Gasteiger partial charge in [-0.1, -0.05) is 13.0 Å². The normalized spacial score (nSPS) is 10.4. The number of rotatable bonds is 6. The third-order valence-electron chi connectivity index (χ3n) is 2.84. The van der Waals surface area contributed by atoms with Gasteiger partial charge in [-0.3, -0.25) is 5.41 Å². The Hall–Kier alpha value is -1.59. The molecular weight excluding hydrogens is 300 g/mol. The van der Waals surface area contributed by atoms with E-state index in [0.29, 0.717) is 11.3 Å². The molecule has 2 aromatic carbocycles. The molecule has 0 aliphatic heterocycles. The first-order valence-electron chi connectivity index (χ1n) is 6.57. The second kappa shape index (κ2) is 7.43. The summed E-state index contributed by atoms with van der Waals surface area (Å²) in [5, 5.41) is 7.81. The largest absolute Gasteiger partial charge is 0.457 e. The van der Waals surface area contributed by atoms with Gasteiger partial charge in [0.05, 0.1) is 5.56 Å². The SMILES string of the molecule is CCSc1cccc(Oc2ccc(SC)cc2)c1C(=N)N. The summed E-state index contributed by atoms with van der Waals surface area (Å²) in [5.74, 6) is 2.32. The molecule has 3 nitrogen and oxygen atoms in total. The molecule has 2 rings (SSSR count). The number of hydrogen-bond donors (Lipinski definition) is 2. The first-order valence-corrected chi connectivity index (χ1v) is 8.78. The minimum Gasteiger partial charge on any atom is -0.457 e. The molecule has 0 aromatic heterocycles. The van der Waals surface area contributed by atoms with E-state index in [1.165, 1.54) is 4.90 Å². The molecule has 0 saturated carbocycles. The van der Waals surface area contributed by atoms with Crippen LogP contribution in [0.5, 0.6) is 11.5 Å². The Bertz CT molecular complexity index is 627. The molecule has 110 valence electrons. The van der Waals surface area contributed by atoms with Crippen molar-refractivity contribution in [2.75, 3.05) is 12.0 Å². The van der Waals surface area contributed by atoms with Gasteiger partial charge >= 0.3 is 0 Å². The van der Waals surface area contributed by atoms with Crippen molar-refractivity contribution < 1.29 is 4.74 Å². The Labute approximate surface area is 133 Å². The molecule has 5 heteroatoms. The molecule has 0 aliphatic carbocycles. The van der Waals surface area contributed by atoms with E-state index in [-0.39, 0.29) is 5.84 Å². The number of amidine groups is 1. The van der Waals surface area contributed by atoms with Gasteiger partial charge in [0, 0.05) is 9.79 Å². The zero-order valence-electron chi connectivity index (χ0n) is 12.1. The Morgan fingerprint density at radius 1 is 1.19 bits per heavy atom. The lowest BCUT2D eigenvalue weighted by Gasteiger charge is -2.14. The second-order valence-corrected chi connectivity index (χ2v) is 6.44. The van der Waals surface area contributed by atoms with E-state index in [1.54, 1.807) is 23.5 Å². The Kier molecular flexibility index (Phi) is 5.59. The highest BCUT2D eigenvalue weighted by Gasteiger charge is 2.13. The van der Waals surface area contributed by atoms with Crippen LogP contribution in [0.15, 0.2) is 52.3 Å². The number of nitrogens with two attached hydrogens (primary N) is 1. The molecule has 0 heterocycles. The maximum Gasteiger partial charge on any atom is 0.139 e. The molecule has 21 heavy (non-hydrogen) atoms. The van der Waals surface area contributed by atoms with Crippen LogP contribution in [0.25, 0.3) is 0 Å². The topological polar surface area (TPSA) is 59.1 Å². The monoisotopic (exact) mass is 318 g/mol. The maximum absolute atomic E-state index is 7.81. The average molecular weight is 318 g/mol. The molecule has 0 amide bonds. The van der Waals surface area contributed by atoms with Gasteiger partial charge in [0.1, 0.15) is 17.3 Å². The molecule has 2 aromatic rings. The molecule has 0 aliphatic rings. The predicted octanol–water partition coefficient (Wildman–Crippen LogP) is 4.60. The van der Waals surface area contributed by atoms with Gasteiger partial charge in [0.15, 0.2) is 0 Å². The van der Waals surface area contributed by atoms with Crippen LogP contribution in [0.2, 0.25) is 0 Å². The van der Waals surface area contributed by atoms with Gasteiger partial charge in [0.25, 0.3) is 0 Å². The van der Waals surface area contributed by atoms with Gasteiger partial charge in [-0.05, 0) is 48.4 Å². The third-order valence-corrected chi connectivity index (χ3v) is 4.53. The van der Waals surface area contributed by atoms with E-state index in [1.807, 2.05) is 48.7 Å². The van der Waals surface area contributed by atoms with Gasteiger partial charge in [-0.15, -0.1) is 23.5 Å². The predicted molar refractivity (Wildman–Crippen MR) is 92.2 cm³/mol. The highest BCUT2D eigenvalue weighted by Crippen LogP contribution is 2.33.